The molecule has 3 rings (SSSR count). The average molecular weight is 258 g/mol. The van der Waals surface area contributed by atoms with Gasteiger partial charge in [-0.05, 0) is 24.8 Å². The van der Waals surface area contributed by atoms with Gasteiger partial charge in [-0.15, -0.1) is 0 Å². The van der Waals surface area contributed by atoms with Crippen molar-refractivity contribution >= 4 is 16.9 Å². The van der Waals surface area contributed by atoms with E-state index in [0.717, 1.165) is 29.7 Å². The summed E-state index contributed by atoms with van der Waals surface area (Å²) >= 11 is 0. The Morgan fingerprint density at radius 2 is 2.32 bits per heavy atom. The molecule has 0 aliphatic heterocycles. The Morgan fingerprint density at radius 3 is 3.00 bits per heavy atom. The first kappa shape index (κ1) is 12.1. The highest BCUT2D eigenvalue weighted by molar-refractivity contribution is 5.83. The fourth-order valence-corrected chi connectivity index (χ4v) is 2.73. The third-order valence-corrected chi connectivity index (χ3v) is 3.88. The Labute approximate surface area is 111 Å². The van der Waals surface area contributed by atoms with Crippen molar-refractivity contribution in [2.24, 2.45) is 11.7 Å². The monoisotopic (exact) mass is 258 g/mol. The zero-order valence-electron chi connectivity index (χ0n) is 11.2. The average Bonchev–Trinajstić information content (AvgIpc) is 2.74. The lowest BCUT2D eigenvalue weighted by atomic mass is 9.86. The van der Waals surface area contributed by atoms with Crippen LogP contribution in [-0.4, -0.2) is 20.9 Å². The number of aromatic amines is 1. The number of carbonyl (C=O) groups excluding carboxylic acids is 1. The van der Waals surface area contributed by atoms with Gasteiger partial charge in [0.2, 0.25) is 5.91 Å². The van der Waals surface area contributed by atoms with E-state index in [1.54, 1.807) is 0 Å². The van der Waals surface area contributed by atoms with Crippen LogP contribution in [0.15, 0.2) is 6.20 Å². The summed E-state index contributed by atoms with van der Waals surface area (Å²) in [5.41, 5.74) is 8.65. The molecule has 0 bridgehead atoms. The number of primary amides is 1. The Hall–Kier alpha value is -1.91. The SMILES string of the molecule is CC(C)c1ncc2c3c([nH]c2n1)CCC(C(N)=O)C3. The highest BCUT2D eigenvalue weighted by Gasteiger charge is 2.26. The molecule has 100 valence electrons. The number of rotatable bonds is 2. The highest BCUT2D eigenvalue weighted by Crippen LogP contribution is 2.31. The van der Waals surface area contributed by atoms with Crippen LogP contribution in [-0.2, 0) is 17.6 Å². The van der Waals surface area contributed by atoms with E-state index in [1.165, 1.54) is 11.3 Å². The van der Waals surface area contributed by atoms with Gasteiger partial charge in [0, 0.05) is 29.1 Å². The molecule has 0 aromatic carbocycles. The maximum atomic E-state index is 11.3. The van der Waals surface area contributed by atoms with Gasteiger partial charge >= 0.3 is 0 Å². The van der Waals surface area contributed by atoms with Crippen molar-refractivity contribution in [2.75, 3.05) is 0 Å². The largest absolute Gasteiger partial charge is 0.369 e. The molecule has 0 saturated carbocycles. The summed E-state index contributed by atoms with van der Waals surface area (Å²) in [6, 6.07) is 0. The molecule has 1 unspecified atom stereocenters. The lowest BCUT2D eigenvalue weighted by Crippen LogP contribution is -2.28. The maximum Gasteiger partial charge on any atom is 0.220 e. The number of aromatic nitrogens is 3. The molecule has 0 fully saturated rings. The van der Waals surface area contributed by atoms with Crippen LogP contribution in [0.1, 0.15) is 43.3 Å². The zero-order valence-corrected chi connectivity index (χ0v) is 11.2. The number of carbonyl (C=O) groups is 1. The summed E-state index contributed by atoms with van der Waals surface area (Å²) < 4.78 is 0. The van der Waals surface area contributed by atoms with Crippen LogP contribution in [0.3, 0.4) is 0 Å². The summed E-state index contributed by atoms with van der Waals surface area (Å²) in [5.74, 6) is 0.886. The van der Waals surface area contributed by atoms with Crippen LogP contribution in [0.4, 0.5) is 0 Å². The van der Waals surface area contributed by atoms with E-state index in [9.17, 15) is 4.79 Å². The molecule has 3 N–H and O–H groups in total. The molecule has 1 amide bonds. The van der Waals surface area contributed by atoms with E-state index in [-0.39, 0.29) is 11.8 Å². The molecule has 0 radical (unpaired) electrons. The predicted molar refractivity (Wildman–Crippen MR) is 72.7 cm³/mol. The minimum absolute atomic E-state index is 0.0590. The number of H-pyrrole nitrogens is 1. The van der Waals surface area contributed by atoms with Crippen molar-refractivity contribution in [3.63, 3.8) is 0 Å². The van der Waals surface area contributed by atoms with E-state index in [1.807, 2.05) is 6.20 Å². The van der Waals surface area contributed by atoms with Gasteiger partial charge in [-0.1, -0.05) is 13.8 Å². The number of nitrogens with two attached hydrogens (primary N) is 1. The fraction of sp³-hybridized carbons (Fsp3) is 0.500. The molecule has 2 aromatic rings. The number of nitrogens with one attached hydrogen (secondary N) is 1. The number of hydrogen-bond donors (Lipinski definition) is 2. The van der Waals surface area contributed by atoms with Crippen LogP contribution in [0.2, 0.25) is 0 Å². The van der Waals surface area contributed by atoms with Crippen molar-refractivity contribution < 1.29 is 4.79 Å². The van der Waals surface area contributed by atoms with E-state index < -0.39 is 0 Å². The minimum atomic E-state index is -0.209. The quantitative estimate of drug-likeness (QED) is 0.859. The summed E-state index contributed by atoms with van der Waals surface area (Å²) in [4.78, 5) is 23.7. The topological polar surface area (TPSA) is 84.7 Å². The molecule has 19 heavy (non-hydrogen) atoms. The van der Waals surface area contributed by atoms with Crippen LogP contribution >= 0.6 is 0 Å². The normalized spacial score (nSPS) is 18.8. The van der Waals surface area contributed by atoms with Gasteiger partial charge in [0.25, 0.3) is 0 Å². The number of aryl methyl sites for hydroxylation is 1. The van der Waals surface area contributed by atoms with Crippen LogP contribution < -0.4 is 5.73 Å². The van der Waals surface area contributed by atoms with Gasteiger partial charge in [0.1, 0.15) is 11.5 Å². The summed E-state index contributed by atoms with van der Waals surface area (Å²) in [6.07, 6.45) is 4.25. The Bertz CT molecular complexity index is 644. The molecule has 2 heterocycles. The third-order valence-electron chi connectivity index (χ3n) is 3.88. The standard InChI is InChI=1S/C14H18N4O/c1-7(2)13-16-6-10-9-5-8(12(15)19)3-4-11(9)17-14(10)18-13/h6-8H,3-5H2,1-2H3,(H2,15,19)(H,16,17,18). The van der Waals surface area contributed by atoms with Gasteiger partial charge in [0.15, 0.2) is 0 Å². The van der Waals surface area contributed by atoms with Gasteiger partial charge in [0.05, 0.1) is 0 Å². The molecule has 1 atom stereocenters. The van der Waals surface area contributed by atoms with Crippen LogP contribution in [0.5, 0.6) is 0 Å². The smallest absolute Gasteiger partial charge is 0.220 e. The van der Waals surface area contributed by atoms with Crippen molar-refractivity contribution in [1.29, 1.82) is 0 Å². The van der Waals surface area contributed by atoms with Crippen LogP contribution in [0, 0.1) is 5.92 Å². The first-order chi connectivity index (χ1) is 9.06. The lowest BCUT2D eigenvalue weighted by molar-refractivity contribution is -0.122. The molecular formula is C14H18N4O. The second-order valence-corrected chi connectivity index (χ2v) is 5.57. The van der Waals surface area contributed by atoms with Crippen molar-refractivity contribution in [2.45, 2.75) is 39.0 Å². The van der Waals surface area contributed by atoms with E-state index in [2.05, 4.69) is 28.8 Å². The Morgan fingerprint density at radius 1 is 1.53 bits per heavy atom. The van der Waals surface area contributed by atoms with Gasteiger partial charge < -0.3 is 10.7 Å². The van der Waals surface area contributed by atoms with Gasteiger partial charge in [-0.3, -0.25) is 4.79 Å². The second-order valence-electron chi connectivity index (χ2n) is 5.57. The molecule has 0 saturated heterocycles. The van der Waals surface area contributed by atoms with Crippen molar-refractivity contribution in [1.82, 2.24) is 15.0 Å². The third kappa shape index (κ3) is 1.99. The number of fused-ring (bicyclic) bond motifs is 3. The molecule has 1 aliphatic rings. The zero-order chi connectivity index (χ0) is 13.6. The van der Waals surface area contributed by atoms with Gasteiger partial charge in [-0.2, -0.15) is 0 Å². The molecule has 1 aliphatic carbocycles. The molecular weight excluding hydrogens is 240 g/mol. The molecule has 5 nitrogen and oxygen atoms in total. The minimum Gasteiger partial charge on any atom is -0.369 e. The van der Waals surface area contributed by atoms with E-state index in [0.29, 0.717) is 12.3 Å². The number of hydrogen-bond acceptors (Lipinski definition) is 3. The first-order valence-electron chi connectivity index (χ1n) is 6.72. The van der Waals surface area contributed by atoms with Crippen molar-refractivity contribution in [3.8, 4) is 0 Å². The van der Waals surface area contributed by atoms with E-state index in [4.69, 9.17) is 5.73 Å². The Balaban J connectivity index is 2.07. The molecule has 2 aromatic heterocycles. The second kappa shape index (κ2) is 4.33. The lowest BCUT2D eigenvalue weighted by Gasteiger charge is -2.19. The highest BCUT2D eigenvalue weighted by atomic mass is 16.1. The van der Waals surface area contributed by atoms with Crippen LogP contribution in [0.25, 0.3) is 11.0 Å². The molecule has 0 spiro atoms. The molecule has 5 heteroatoms. The predicted octanol–water partition coefficient (Wildman–Crippen LogP) is 1.67. The number of amides is 1. The summed E-state index contributed by atoms with van der Waals surface area (Å²) in [7, 11) is 0. The van der Waals surface area contributed by atoms with Crippen molar-refractivity contribution in [3.05, 3.63) is 23.3 Å². The van der Waals surface area contributed by atoms with Gasteiger partial charge in [-0.25, -0.2) is 9.97 Å². The van der Waals surface area contributed by atoms with E-state index >= 15 is 0 Å². The Kier molecular flexibility index (Phi) is 2.77. The summed E-state index contributed by atoms with van der Waals surface area (Å²) in [6.45, 7) is 4.15. The number of nitrogens with zero attached hydrogens (tertiary/aromatic N) is 2. The fourth-order valence-electron chi connectivity index (χ4n) is 2.73. The maximum absolute atomic E-state index is 11.3. The summed E-state index contributed by atoms with van der Waals surface area (Å²) in [5, 5.41) is 1.03. The first-order valence-corrected chi connectivity index (χ1v) is 6.72.